The van der Waals surface area contributed by atoms with Gasteiger partial charge >= 0.3 is 0 Å². The lowest BCUT2D eigenvalue weighted by atomic mass is 9.98. The number of carbonyl (C=O) groups is 1. The van der Waals surface area contributed by atoms with Crippen LogP contribution in [0, 0.1) is 13.8 Å². The quantitative estimate of drug-likeness (QED) is 0.667. The molecule has 0 aliphatic heterocycles. The van der Waals surface area contributed by atoms with Crippen LogP contribution in [0.1, 0.15) is 36.6 Å². The van der Waals surface area contributed by atoms with E-state index in [4.69, 9.17) is 0 Å². The van der Waals surface area contributed by atoms with Crippen LogP contribution in [0.15, 0.2) is 34.2 Å². The number of aromatic nitrogens is 2. The summed E-state index contributed by atoms with van der Waals surface area (Å²) in [6, 6.07) is 7.41. The molecule has 6 heteroatoms. The number of hydrogen-bond donors (Lipinski definition) is 1. The van der Waals surface area contributed by atoms with Crippen LogP contribution in [-0.4, -0.2) is 21.7 Å². The van der Waals surface area contributed by atoms with Crippen molar-refractivity contribution < 1.29 is 4.79 Å². The first kappa shape index (κ1) is 18.3. The molecule has 0 aliphatic rings. The van der Waals surface area contributed by atoms with E-state index < -0.39 is 0 Å². The molecule has 0 atom stereocenters. The lowest BCUT2D eigenvalue weighted by molar-refractivity contribution is -0.116. The lowest BCUT2D eigenvalue weighted by Crippen LogP contribution is -2.30. The lowest BCUT2D eigenvalue weighted by Gasteiger charge is -2.17. The molecule has 0 unspecified atom stereocenters. The van der Waals surface area contributed by atoms with Crippen LogP contribution in [0.3, 0.4) is 0 Å². The number of nitrogens with zero attached hydrogens (tertiary/aromatic N) is 2. The van der Waals surface area contributed by atoms with Gasteiger partial charge in [-0.25, -0.2) is 4.98 Å². The number of benzene rings is 1. The number of para-hydroxylation sites is 1. The third-order valence-electron chi connectivity index (χ3n) is 3.78. The van der Waals surface area contributed by atoms with Gasteiger partial charge in [0.2, 0.25) is 5.91 Å². The van der Waals surface area contributed by atoms with Crippen LogP contribution in [0.2, 0.25) is 0 Å². The van der Waals surface area contributed by atoms with Gasteiger partial charge in [-0.15, -0.1) is 0 Å². The Morgan fingerprint density at radius 2 is 2.04 bits per heavy atom. The Hall–Kier alpha value is -2.08. The highest BCUT2D eigenvalue weighted by Crippen LogP contribution is 2.27. The Kier molecular flexibility index (Phi) is 5.83. The van der Waals surface area contributed by atoms with Crippen LogP contribution in [0.5, 0.6) is 0 Å². The molecule has 0 bridgehead atoms. The molecule has 1 heterocycles. The average Bonchev–Trinajstić information content (AvgIpc) is 2.51. The van der Waals surface area contributed by atoms with Gasteiger partial charge in [0, 0.05) is 17.4 Å². The van der Waals surface area contributed by atoms with E-state index in [9.17, 15) is 9.59 Å². The van der Waals surface area contributed by atoms with Gasteiger partial charge in [-0.2, -0.15) is 0 Å². The predicted molar refractivity (Wildman–Crippen MR) is 98.9 cm³/mol. The zero-order chi connectivity index (χ0) is 17.9. The number of carbonyl (C=O) groups excluding carboxylic acids is 1. The molecule has 0 saturated carbocycles. The van der Waals surface area contributed by atoms with Crippen LogP contribution in [0.4, 0.5) is 5.69 Å². The van der Waals surface area contributed by atoms with Gasteiger partial charge in [0.15, 0.2) is 5.16 Å². The minimum absolute atomic E-state index is 0.0475. The first-order valence-corrected chi connectivity index (χ1v) is 9.07. The summed E-state index contributed by atoms with van der Waals surface area (Å²) >= 11 is 1.36. The van der Waals surface area contributed by atoms with E-state index in [0.29, 0.717) is 16.8 Å². The Bertz CT molecular complexity index is 812. The van der Waals surface area contributed by atoms with E-state index in [1.54, 1.807) is 6.92 Å². The molecule has 0 saturated heterocycles. The molecular weight excluding hydrogens is 322 g/mol. The Morgan fingerprint density at radius 3 is 2.67 bits per heavy atom. The molecule has 0 aliphatic carbocycles. The highest BCUT2D eigenvalue weighted by atomic mass is 32.2. The fraction of sp³-hybridized carbons (Fsp3) is 0.389. The molecule has 0 fully saturated rings. The van der Waals surface area contributed by atoms with E-state index in [1.165, 1.54) is 22.4 Å². The molecule has 1 amide bonds. The maximum Gasteiger partial charge on any atom is 0.254 e. The van der Waals surface area contributed by atoms with E-state index in [0.717, 1.165) is 16.8 Å². The zero-order valence-electron chi connectivity index (χ0n) is 14.7. The number of hydrogen-bond acceptors (Lipinski definition) is 4. The number of aryl methyl sites for hydroxylation is 2. The fourth-order valence-electron chi connectivity index (χ4n) is 2.56. The second kappa shape index (κ2) is 7.66. The van der Waals surface area contributed by atoms with Crippen molar-refractivity contribution in [1.29, 1.82) is 0 Å². The molecule has 0 radical (unpaired) electrons. The molecule has 2 rings (SSSR count). The number of amides is 1. The summed E-state index contributed by atoms with van der Waals surface area (Å²) in [7, 11) is 0. The summed E-state index contributed by atoms with van der Waals surface area (Å²) in [6.45, 7) is 7.87. The molecule has 1 N–H and O–H groups in total. The number of nitrogens with one attached hydrogen (secondary N) is 1. The minimum atomic E-state index is -0.228. The van der Waals surface area contributed by atoms with Crippen molar-refractivity contribution in [2.45, 2.75) is 45.3 Å². The topological polar surface area (TPSA) is 64.0 Å². The first-order valence-electron chi connectivity index (χ1n) is 7.85. The number of anilines is 1. The highest BCUT2D eigenvalue weighted by molar-refractivity contribution is 7.98. The van der Waals surface area contributed by atoms with Crippen molar-refractivity contribution in [3.05, 3.63) is 51.4 Å². The molecule has 2 aromatic rings. The summed E-state index contributed by atoms with van der Waals surface area (Å²) in [5, 5.41) is 3.51. The molecule has 1 aromatic carbocycles. The Labute approximate surface area is 146 Å². The molecule has 5 nitrogen and oxygen atoms in total. The first-order chi connectivity index (χ1) is 11.3. The van der Waals surface area contributed by atoms with Crippen molar-refractivity contribution in [1.82, 2.24) is 9.55 Å². The average molecular weight is 345 g/mol. The smallest absolute Gasteiger partial charge is 0.254 e. The van der Waals surface area contributed by atoms with E-state index in [1.807, 2.05) is 31.4 Å². The number of rotatable bonds is 5. The van der Waals surface area contributed by atoms with E-state index in [2.05, 4.69) is 24.1 Å². The maximum atomic E-state index is 12.5. The molecular formula is C18H23N3O2S. The molecule has 24 heavy (non-hydrogen) atoms. The van der Waals surface area contributed by atoms with E-state index in [-0.39, 0.29) is 18.0 Å². The van der Waals surface area contributed by atoms with Crippen molar-refractivity contribution >= 4 is 23.4 Å². The Balaban J connectivity index is 2.29. The summed E-state index contributed by atoms with van der Waals surface area (Å²) in [5.41, 5.74) is 3.37. The summed E-state index contributed by atoms with van der Waals surface area (Å²) in [4.78, 5) is 29.0. The molecule has 128 valence electrons. The van der Waals surface area contributed by atoms with Crippen LogP contribution < -0.4 is 10.9 Å². The highest BCUT2D eigenvalue weighted by Gasteiger charge is 2.15. The van der Waals surface area contributed by atoms with Gasteiger partial charge in [0.25, 0.3) is 5.56 Å². The fourth-order valence-corrected chi connectivity index (χ4v) is 3.17. The second-order valence-electron chi connectivity index (χ2n) is 6.05. The molecule has 1 aromatic heterocycles. The number of thioether (sulfide) groups is 1. The van der Waals surface area contributed by atoms with Crippen molar-refractivity contribution in [2.75, 3.05) is 11.6 Å². The van der Waals surface area contributed by atoms with Crippen molar-refractivity contribution in [2.24, 2.45) is 0 Å². The second-order valence-corrected chi connectivity index (χ2v) is 6.82. The van der Waals surface area contributed by atoms with Gasteiger partial charge in [-0.1, -0.05) is 43.8 Å². The largest absolute Gasteiger partial charge is 0.324 e. The third-order valence-corrected chi connectivity index (χ3v) is 4.45. The van der Waals surface area contributed by atoms with Gasteiger partial charge in [0.05, 0.1) is 0 Å². The van der Waals surface area contributed by atoms with Crippen molar-refractivity contribution in [3.63, 3.8) is 0 Å². The third kappa shape index (κ3) is 4.06. The summed E-state index contributed by atoms with van der Waals surface area (Å²) in [5.74, 6) is 0.0694. The summed E-state index contributed by atoms with van der Waals surface area (Å²) in [6.07, 6.45) is 1.84. The monoisotopic (exact) mass is 345 g/mol. The van der Waals surface area contributed by atoms with Crippen molar-refractivity contribution in [3.8, 4) is 0 Å². The Morgan fingerprint density at radius 1 is 1.33 bits per heavy atom. The summed E-state index contributed by atoms with van der Waals surface area (Å²) < 4.78 is 1.40. The van der Waals surface area contributed by atoms with Crippen LogP contribution in [0.25, 0.3) is 0 Å². The maximum absolute atomic E-state index is 12.5. The van der Waals surface area contributed by atoms with Crippen LogP contribution in [-0.2, 0) is 11.3 Å². The minimum Gasteiger partial charge on any atom is -0.324 e. The van der Waals surface area contributed by atoms with Gasteiger partial charge in [-0.05, 0) is 37.1 Å². The van der Waals surface area contributed by atoms with E-state index >= 15 is 0 Å². The predicted octanol–water partition coefficient (Wildman–Crippen LogP) is 3.34. The molecule has 0 spiro atoms. The standard InChI is InChI=1S/C18H23N3O2S/c1-11(2)14-8-6-7-12(3)17(14)20-15(22)10-21-16(23)9-13(4)19-18(21)24-5/h6-9,11H,10H2,1-5H3,(H,20,22). The SMILES string of the molecule is CSc1nc(C)cc(=O)n1CC(=O)Nc1c(C)cccc1C(C)C. The zero-order valence-corrected chi connectivity index (χ0v) is 15.5. The van der Waals surface area contributed by atoms with Gasteiger partial charge in [0.1, 0.15) is 6.54 Å². The van der Waals surface area contributed by atoms with Crippen LogP contribution >= 0.6 is 11.8 Å². The normalized spacial score (nSPS) is 10.9. The van der Waals surface area contributed by atoms with Gasteiger partial charge < -0.3 is 5.32 Å². The van der Waals surface area contributed by atoms with Gasteiger partial charge in [-0.3, -0.25) is 14.2 Å².